The molecule has 5 heteroatoms. The zero-order valence-corrected chi connectivity index (χ0v) is 11.7. The molecule has 0 fully saturated rings. The van der Waals surface area contributed by atoms with Gasteiger partial charge in [-0.25, -0.2) is 4.39 Å². The molecule has 0 heterocycles. The predicted octanol–water partition coefficient (Wildman–Crippen LogP) is 2.59. The fourth-order valence-electron chi connectivity index (χ4n) is 1.77. The first-order chi connectivity index (χ1) is 8.94. The molecule has 0 atom stereocenters. The minimum Gasteiger partial charge on any atom is -0.409 e. The first-order valence-electron chi connectivity index (χ1n) is 6.46. The first-order valence-corrected chi connectivity index (χ1v) is 6.46. The molecular weight excluding hydrogens is 245 g/mol. The van der Waals surface area contributed by atoms with E-state index in [1.165, 1.54) is 12.1 Å². The van der Waals surface area contributed by atoms with E-state index < -0.39 is 5.82 Å². The molecule has 0 aliphatic heterocycles. The van der Waals surface area contributed by atoms with E-state index in [1.54, 1.807) is 6.07 Å². The molecule has 1 aromatic rings. The summed E-state index contributed by atoms with van der Waals surface area (Å²) in [6.07, 6.45) is 1.98. The second-order valence-corrected chi connectivity index (χ2v) is 4.95. The van der Waals surface area contributed by atoms with Crippen molar-refractivity contribution in [2.24, 2.45) is 10.9 Å². The second kappa shape index (κ2) is 6.52. The van der Waals surface area contributed by atoms with E-state index in [4.69, 9.17) is 10.9 Å². The summed E-state index contributed by atoms with van der Waals surface area (Å²) < 4.78 is 13.5. The molecule has 106 valence electrons. The number of nitrogens with two attached hydrogens (primary N) is 1. The lowest BCUT2D eigenvalue weighted by Gasteiger charge is -2.28. The van der Waals surface area contributed by atoms with Crippen molar-refractivity contribution < 1.29 is 9.60 Å². The molecule has 0 aromatic heterocycles. The second-order valence-electron chi connectivity index (χ2n) is 4.95. The fourth-order valence-corrected chi connectivity index (χ4v) is 1.77. The van der Waals surface area contributed by atoms with Crippen LogP contribution in [0.15, 0.2) is 23.4 Å². The Balaban J connectivity index is 2.88. The Morgan fingerprint density at radius 3 is 2.53 bits per heavy atom. The van der Waals surface area contributed by atoms with Crippen LogP contribution in [0.25, 0.3) is 0 Å². The number of benzene rings is 1. The monoisotopic (exact) mass is 267 g/mol. The number of halogens is 1. The summed E-state index contributed by atoms with van der Waals surface area (Å²) in [7, 11) is 0. The molecule has 0 amide bonds. The van der Waals surface area contributed by atoms with E-state index in [1.807, 2.05) is 0 Å². The number of nitrogens with zero attached hydrogens (tertiary/aromatic N) is 1. The summed E-state index contributed by atoms with van der Waals surface area (Å²) in [6, 6.07) is 4.42. The molecule has 0 bridgehead atoms. The summed E-state index contributed by atoms with van der Waals surface area (Å²) in [5, 5.41) is 14.9. The van der Waals surface area contributed by atoms with Crippen LogP contribution in [-0.4, -0.2) is 16.6 Å². The summed E-state index contributed by atoms with van der Waals surface area (Å²) in [4.78, 5) is 0. The Kier molecular flexibility index (Phi) is 5.30. The molecule has 0 aliphatic carbocycles. The molecular formula is C14H22FN3O. The lowest BCUT2D eigenvalue weighted by molar-refractivity contribution is 0.318. The van der Waals surface area contributed by atoms with Gasteiger partial charge in [0.25, 0.3) is 0 Å². The van der Waals surface area contributed by atoms with Crippen LogP contribution >= 0.6 is 0 Å². The smallest absolute Gasteiger partial charge is 0.170 e. The van der Waals surface area contributed by atoms with Crippen molar-refractivity contribution in [2.45, 2.75) is 45.7 Å². The largest absolute Gasteiger partial charge is 0.409 e. The van der Waals surface area contributed by atoms with E-state index >= 15 is 0 Å². The van der Waals surface area contributed by atoms with Crippen molar-refractivity contribution in [1.82, 2.24) is 5.32 Å². The molecule has 19 heavy (non-hydrogen) atoms. The third-order valence-corrected chi connectivity index (χ3v) is 3.64. The van der Waals surface area contributed by atoms with Gasteiger partial charge < -0.3 is 16.3 Å². The summed E-state index contributed by atoms with van der Waals surface area (Å²) in [6.45, 7) is 6.91. The topological polar surface area (TPSA) is 70.6 Å². The van der Waals surface area contributed by atoms with Gasteiger partial charge in [-0.3, -0.25) is 0 Å². The molecule has 4 N–H and O–H groups in total. The quantitative estimate of drug-likeness (QED) is 0.321. The number of hydrogen-bond acceptors (Lipinski definition) is 3. The molecule has 4 nitrogen and oxygen atoms in total. The fraction of sp³-hybridized carbons (Fsp3) is 0.500. The number of nitrogens with one attached hydrogen (secondary N) is 1. The van der Waals surface area contributed by atoms with Crippen LogP contribution in [0.1, 0.15) is 44.7 Å². The van der Waals surface area contributed by atoms with E-state index in [0.29, 0.717) is 12.1 Å². The van der Waals surface area contributed by atoms with Gasteiger partial charge in [0, 0.05) is 17.6 Å². The SMILES string of the molecule is CCC(C)(CC)NCc1cc(F)cc(/C(N)=N/O)c1. The Hall–Kier alpha value is -1.62. The van der Waals surface area contributed by atoms with Gasteiger partial charge in [0.1, 0.15) is 5.82 Å². The minimum atomic E-state index is -0.393. The molecule has 0 saturated heterocycles. The Labute approximate surface area is 113 Å². The molecule has 0 aliphatic rings. The van der Waals surface area contributed by atoms with Gasteiger partial charge in [-0.15, -0.1) is 0 Å². The molecule has 0 saturated carbocycles. The van der Waals surface area contributed by atoms with Crippen molar-refractivity contribution >= 4 is 5.84 Å². The van der Waals surface area contributed by atoms with Crippen LogP contribution in [0.4, 0.5) is 4.39 Å². The summed E-state index contributed by atoms with van der Waals surface area (Å²) >= 11 is 0. The van der Waals surface area contributed by atoms with Crippen LogP contribution in [0, 0.1) is 5.82 Å². The normalized spacial score (nSPS) is 12.7. The molecule has 1 rings (SSSR count). The van der Waals surface area contributed by atoms with Gasteiger partial charge in [0.05, 0.1) is 0 Å². The van der Waals surface area contributed by atoms with E-state index in [-0.39, 0.29) is 11.4 Å². The van der Waals surface area contributed by atoms with Gasteiger partial charge in [-0.05, 0) is 43.5 Å². The van der Waals surface area contributed by atoms with Crippen molar-refractivity contribution in [3.8, 4) is 0 Å². The van der Waals surface area contributed by atoms with Gasteiger partial charge in [-0.1, -0.05) is 19.0 Å². The van der Waals surface area contributed by atoms with Crippen molar-refractivity contribution in [3.05, 3.63) is 35.1 Å². The van der Waals surface area contributed by atoms with Crippen LogP contribution in [-0.2, 0) is 6.54 Å². The average Bonchev–Trinajstić information content (AvgIpc) is 2.43. The van der Waals surface area contributed by atoms with Crippen LogP contribution < -0.4 is 11.1 Å². The van der Waals surface area contributed by atoms with E-state index in [2.05, 4.69) is 31.2 Å². The Morgan fingerprint density at radius 1 is 1.37 bits per heavy atom. The Morgan fingerprint density at radius 2 is 2.00 bits per heavy atom. The average molecular weight is 267 g/mol. The molecule has 1 aromatic carbocycles. The van der Waals surface area contributed by atoms with Crippen LogP contribution in [0.3, 0.4) is 0 Å². The van der Waals surface area contributed by atoms with Gasteiger partial charge in [-0.2, -0.15) is 0 Å². The highest BCUT2D eigenvalue weighted by Gasteiger charge is 2.18. The number of oxime groups is 1. The lowest BCUT2D eigenvalue weighted by Crippen LogP contribution is -2.40. The van der Waals surface area contributed by atoms with Gasteiger partial charge in [0.15, 0.2) is 5.84 Å². The maximum atomic E-state index is 13.5. The number of amidine groups is 1. The molecule has 0 unspecified atom stereocenters. The predicted molar refractivity (Wildman–Crippen MR) is 74.7 cm³/mol. The number of rotatable bonds is 6. The minimum absolute atomic E-state index is 0.0308. The first kappa shape index (κ1) is 15.4. The lowest BCUT2D eigenvalue weighted by atomic mass is 9.95. The summed E-state index contributed by atoms with van der Waals surface area (Å²) in [5.74, 6) is -0.481. The van der Waals surface area contributed by atoms with Crippen molar-refractivity contribution in [2.75, 3.05) is 0 Å². The highest BCUT2D eigenvalue weighted by Crippen LogP contribution is 2.16. The van der Waals surface area contributed by atoms with Crippen LogP contribution in [0.2, 0.25) is 0 Å². The third-order valence-electron chi connectivity index (χ3n) is 3.64. The molecule has 0 radical (unpaired) electrons. The zero-order chi connectivity index (χ0) is 14.5. The van der Waals surface area contributed by atoms with Crippen molar-refractivity contribution in [1.29, 1.82) is 0 Å². The standard InChI is InChI=1S/C14H22FN3O/c1-4-14(3,5-2)17-9-10-6-11(13(16)18-19)8-12(15)7-10/h6-8,17,19H,4-5,9H2,1-3H3,(H2,16,18). The van der Waals surface area contributed by atoms with Gasteiger partial charge >= 0.3 is 0 Å². The highest BCUT2D eigenvalue weighted by atomic mass is 19.1. The maximum Gasteiger partial charge on any atom is 0.170 e. The molecule has 0 spiro atoms. The zero-order valence-electron chi connectivity index (χ0n) is 11.7. The summed E-state index contributed by atoms with van der Waals surface area (Å²) in [5.41, 5.74) is 6.67. The van der Waals surface area contributed by atoms with Crippen LogP contribution in [0.5, 0.6) is 0 Å². The van der Waals surface area contributed by atoms with Gasteiger partial charge in [0.2, 0.25) is 0 Å². The number of hydrogen-bond donors (Lipinski definition) is 3. The Bertz CT molecular complexity index is 456. The van der Waals surface area contributed by atoms with E-state index in [9.17, 15) is 4.39 Å². The maximum absolute atomic E-state index is 13.5. The third kappa shape index (κ3) is 4.21. The van der Waals surface area contributed by atoms with Crippen molar-refractivity contribution in [3.63, 3.8) is 0 Å². The van der Waals surface area contributed by atoms with E-state index in [0.717, 1.165) is 18.4 Å². The highest BCUT2D eigenvalue weighted by molar-refractivity contribution is 5.97.